The van der Waals surface area contributed by atoms with Gasteiger partial charge in [0, 0.05) is 37.7 Å². The molecule has 2 aromatic carbocycles. The van der Waals surface area contributed by atoms with E-state index >= 15 is 0 Å². The van der Waals surface area contributed by atoms with Gasteiger partial charge in [-0.3, -0.25) is 0 Å². The van der Waals surface area contributed by atoms with Crippen LogP contribution in [0, 0.1) is 0 Å². The summed E-state index contributed by atoms with van der Waals surface area (Å²) in [7, 11) is 0. The van der Waals surface area contributed by atoms with Crippen molar-refractivity contribution in [2.24, 2.45) is 0 Å². The van der Waals surface area contributed by atoms with Gasteiger partial charge in [0.1, 0.15) is 23.5 Å². The Morgan fingerprint density at radius 1 is 1.09 bits per heavy atom. The number of carbonyl (C=O) groups is 1. The van der Waals surface area contributed by atoms with E-state index in [1.54, 1.807) is 18.3 Å². The number of ether oxygens (including phenoxy) is 1. The van der Waals surface area contributed by atoms with E-state index in [9.17, 15) is 18.0 Å². The van der Waals surface area contributed by atoms with Crippen molar-refractivity contribution in [1.29, 1.82) is 0 Å². The second-order valence-electron chi connectivity index (χ2n) is 8.36. The van der Waals surface area contributed by atoms with Crippen LogP contribution in [0.2, 0.25) is 0 Å². The van der Waals surface area contributed by atoms with Gasteiger partial charge in [0.15, 0.2) is 0 Å². The molecule has 0 amide bonds. The first-order chi connectivity index (χ1) is 16.8. The predicted molar refractivity (Wildman–Crippen MR) is 124 cm³/mol. The van der Waals surface area contributed by atoms with Crippen LogP contribution in [0.3, 0.4) is 0 Å². The fourth-order valence-electron chi connectivity index (χ4n) is 4.13. The minimum absolute atomic E-state index is 0.0216. The molecule has 2 N–H and O–H groups in total. The van der Waals surface area contributed by atoms with E-state index in [2.05, 4.69) is 19.9 Å². The highest BCUT2D eigenvalue weighted by Crippen LogP contribution is 2.32. The number of nitrogens with zero attached hydrogens (tertiary/aromatic N) is 3. The minimum Gasteiger partial charge on any atom is -0.490 e. The summed E-state index contributed by atoms with van der Waals surface area (Å²) in [6, 6.07) is 13.6. The molecule has 35 heavy (non-hydrogen) atoms. The highest BCUT2D eigenvalue weighted by atomic mass is 19.4. The summed E-state index contributed by atoms with van der Waals surface area (Å²) in [5, 5.41) is 9.13. The maximum absolute atomic E-state index is 13.0. The van der Waals surface area contributed by atoms with Crippen molar-refractivity contribution in [2.75, 3.05) is 18.0 Å². The van der Waals surface area contributed by atoms with Crippen LogP contribution in [0.4, 0.5) is 19.0 Å². The largest absolute Gasteiger partial charge is 0.490 e. The Hall–Kier alpha value is -4.08. The molecule has 0 spiro atoms. The zero-order chi connectivity index (χ0) is 24.6. The van der Waals surface area contributed by atoms with Gasteiger partial charge >= 0.3 is 12.1 Å². The smallest absolute Gasteiger partial charge is 0.416 e. The summed E-state index contributed by atoms with van der Waals surface area (Å²) in [5.41, 5.74) is 0.906. The van der Waals surface area contributed by atoms with Crippen molar-refractivity contribution in [1.82, 2.24) is 15.0 Å². The quantitative estimate of drug-likeness (QED) is 0.396. The van der Waals surface area contributed by atoms with Crippen LogP contribution in [0.25, 0.3) is 22.4 Å². The molecule has 4 aromatic rings. The van der Waals surface area contributed by atoms with Crippen LogP contribution < -0.4 is 9.64 Å². The zero-order valence-electron chi connectivity index (χ0n) is 18.4. The number of alkyl halides is 3. The number of nitrogens with one attached hydrogen (secondary N) is 1. The van der Waals surface area contributed by atoms with E-state index in [0.717, 1.165) is 43.9 Å². The molecule has 2 aromatic heterocycles. The molecule has 0 bridgehead atoms. The molecule has 7 nitrogen and oxygen atoms in total. The number of hydrogen-bond acceptors (Lipinski definition) is 5. The van der Waals surface area contributed by atoms with Gasteiger partial charge in [-0.05, 0) is 48.5 Å². The van der Waals surface area contributed by atoms with Gasteiger partial charge in [0.05, 0.1) is 22.2 Å². The van der Waals surface area contributed by atoms with E-state index < -0.39 is 17.7 Å². The Bertz CT molecular complexity index is 1360. The normalized spacial score (nSPS) is 14.9. The highest BCUT2D eigenvalue weighted by Gasteiger charge is 2.30. The molecule has 1 saturated heterocycles. The van der Waals surface area contributed by atoms with E-state index in [-0.39, 0.29) is 11.7 Å². The molecule has 0 aliphatic carbocycles. The molecule has 0 atom stereocenters. The molecule has 1 fully saturated rings. The molecule has 10 heteroatoms. The van der Waals surface area contributed by atoms with Gasteiger partial charge in [-0.15, -0.1) is 0 Å². The highest BCUT2D eigenvalue weighted by molar-refractivity contribution is 5.88. The first-order valence-corrected chi connectivity index (χ1v) is 11.0. The zero-order valence-corrected chi connectivity index (χ0v) is 18.4. The third-order valence-corrected chi connectivity index (χ3v) is 5.98. The van der Waals surface area contributed by atoms with Crippen molar-refractivity contribution >= 4 is 22.8 Å². The molecule has 5 rings (SSSR count). The molecular weight excluding hydrogens is 461 g/mol. The number of aromatic nitrogens is 3. The topological polar surface area (TPSA) is 91.3 Å². The average molecular weight is 482 g/mol. The number of hydrogen-bond donors (Lipinski definition) is 2. The summed E-state index contributed by atoms with van der Waals surface area (Å²) in [5.74, 6) is 0.789. The molecule has 1 aliphatic heterocycles. The van der Waals surface area contributed by atoms with Gasteiger partial charge < -0.3 is 19.7 Å². The summed E-state index contributed by atoms with van der Waals surface area (Å²) >= 11 is 0. The van der Waals surface area contributed by atoms with Crippen molar-refractivity contribution in [2.45, 2.75) is 25.1 Å². The van der Waals surface area contributed by atoms with Gasteiger partial charge in [-0.2, -0.15) is 13.2 Å². The fourth-order valence-corrected chi connectivity index (χ4v) is 4.13. The van der Waals surface area contributed by atoms with Gasteiger partial charge in [0.25, 0.3) is 0 Å². The number of aromatic carboxylic acids is 1. The number of piperidine rings is 1. The Kier molecular flexibility index (Phi) is 5.80. The number of H-pyrrole nitrogens is 1. The lowest BCUT2D eigenvalue weighted by atomic mass is 10.1. The lowest BCUT2D eigenvalue weighted by Crippen LogP contribution is -2.38. The van der Waals surface area contributed by atoms with Crippen molar-refractivity contribution in [3.05, 3.63) is 71.9 Å². The lowest BCUT2D eigenvalue weighted by Gasteiger charge is -2.33. The SMILES string of the molecule is O=C(O)c1cccc(OC2CCN(c3ccc(-c4nc5ccc(C(F)(F)F)cc5[nH]4)cn3)CC2)c1. The number of rotatable bonds is 5. The molecular formula is C25H21F3N4O3. The summed E-state index contributed by atoms with van der Waals surface area (Å²) < 4.78 is 44.9. The molecule has 0 saturated carbocycles. The van der Waals surface area contributed by atoms with Gasteiger partial charge in [-0.1, -0.05) is 6.07 Å². The van der Waals surface area contributed by atoms with Gasteiger partial charge in [-0.25, -0.2) is 14.8 Å². The van der Waals surface area contributed by atoms with Crippen molar-refractivity contribution in [3.63, 3.8) is 0 Å². The summed E-state index contributed by atoms with van der Waals surface area (Å²) in [6.07, 6.45) is -1.27. The number of aromatic amines is 1. The third kappa shape index (κ3) is 4.91. The molecule has 0 radical (unpaired) electrons. The first kappa shape index (κ1) is 22.7. The number of anilines is 1. The number of imidazole rings is 1. The second kappa shape index (κ2) is 8.94. The monoisotopic (exact) mass is 482 g/mol. The number of fused-ring (bicyclic) bond motifs is 1. The molecule has 180 valence electrons. The van der Waals surface area contributed by atoms with Crippen LogP contribution in [-0.2, 0) is 6.18 Å². The van der Waals surface area contributed by atoms with Crippen molar-refractivity contribution in [3.8, 4) is 17.1 Å². The Labute approximate surface area is 198 Å². The van der Waals surface area contributed by atoms with E-state index in [4.69, 9.17) is 9.84 Å². The summed E-state index contributed by atoms with van der Waals surface area (Å²) in [6.45, 7) is 1.45. The average Bonchev–Trinajstić information content (AvgIpc) is 3.28. The van der Waals surface area contributed by atoms with Gasteiger partial charge in [0.2, 0.25) is 0 Å². The van der Waals surface area contributed by atoms with Crippen LogP contribution >= 0.6 is 0 Å². The van der Waals surface area contributed by atoms with E-state index in [0.29, 0.717) is 28.2 Å². The van der Waals surface area contributed by atoms with Crippen LogP contribution in [0.15, 0.2) is 60.8 Å². The maximum Gasteiger partial charge on any atom is 0.416 e. The second-order valence-corrected chi connectivity index (χ2v) is 8.36. The maximum atomic E-state index is 13.0. The number of pyridine rings is 1. The summed E-state index contributed by atoms with van der Waals surface area (Å²) in [4.78, 5) is 25.1. The number of benzene rings is 2. The fraction of sp³-hybridized carbons (Fsp3) is 0.240. The van der Waals surface area contributed by atoms with E-state index in [1.165, 1.54) is 18.2 Å². The van der Waals surface area contributed by atoms with Crippen molar-refractivity contribution < 1.29 is 27.8 Å². The Morgan fingerprint density at radius 2 is 1.89 bits per heavy atom. The standard InChI is InChI=1S/C25H21F3N4O3/c26-25(27,28)17-5-6-20-21(13-17)31-23(30-20)16-4-7-22(29-14-16)32-10-8-18(9-11-32)35-19-3-1-2-15(12-19)24(33)34/h1-7,12-14,18H,8-11H2,(H,30,31)(H,33,34). The molecule has 0 unspecified atom stereocenters. The molecule has 1 aliphatic rings. The predicted octanol–water partition coefficient (Wildman–Crippen LogP) is 5.39. The Morgan fingerprint density at radius 3 is 2.57 bits per heavy atom. The third-order valence-electron chi connectivity index (χ3n) is 5.98. The van der Waals surface area contributed by atoms with E-state index in [1.807, 2.05) is 12.1 Å². The van der Waals surface area contributed by atoms with Crippen LogP contribution in [0.1, 0.15) is 28.8 Å². The minimum atomic E-state index is -4.41. The lowest BCUT2D eigenvalue weighted by molar-refractivity contribution is -0.137. The number of halogens is 3. The first-order valence-electron chi connectivity index (χ1n) is 11.0. The molecule has 3 heterocycles. The number of carboxylic acid groups (broad SMARTS) is 1. The number of carboxylic acids is 1. The Balaban J connectivity index is 1.23. The van der Waals surface area contributed by atoms with Crippen LogP contribution in [-0.4, -0.2) is 45.2 Å². The van der Waals surface area contributed by atoms with Crippen LogP contribution in [0.5, 0.6) is 5.75 Å².